The number of nitrogens with zero attached hydrogens (tertiary/aromatic N) is 8. The molecule has 4 aliphatic heterocycles. The van der Waals surface area contributed by atoms with Crippen LogP contribution < -0.4 is 20.7 Å². The van der Waals surface area contributed by atoms with Crippen molar-refractivity contribution in [3.8, 4) is 18.1 Å². The first-order valence-corrected chi connectivity index (χ1v) is 32.8. The fourth-order valence-electron chi connectivity index (χ4n) is 11.8. The van der Waals surface area contributed by atoms with Gasteiger partial charge in [-0.1, -0.05) is 35.7 Å². The van der Waals surface area contributed by atoms with Crippen molar-refractivity contribution in [3.05, 3.63) is 71.4 Å². The van der Waals surface area contributed by atoms with Crippen LogP contribution in [-0.2, 0) is 59.0 Å². The Bertz CT molecular complexity index is 3080. The third-order valence-electron chi connectivity index (χ3n) is 17.1. The lowest BCUT2D eigenvalue weighted by atomic mass is 9.92. The van der Waals surface area contributed by atoms with Gasteiger partial charge in [-0.15, -0.1) is 18.2 Å². The fourth-order valence-corrected chi connectivity index (χ4v) is 13.0. The van der Waals surface area contributed by atoms with E-state index in [9.17, 15) is 61.8 Å². The van der Waals surface area contributed by atoms with Crippen molar-refractivity contribution >= 4 is 82.9 Å². The summed E-state index contributed by atoms with van der Waals surface area (Å²) in [6.45, 7) is 5.14. The van der Waals surface area contributed by atoms with E-state index in [-0.39, 0.29) is 74.5 Å². The number of aryl methyl sites for hydroxylation is 2. The molecular formula is C65H87F2N11O14S. The number of carboxylic acid groups (broad SMARTS) is 1. The Morgan fingerprint density at radius 1 is 0.806 bits per heavy atom. The summed E-state index contributed by atoms with van der Waals surface area (Å²) in [5.74, 6) is -3.81. The predicted molar refractivity (Wildman–Crippen MR) is 340 cm³/mol. The number of thioether (sulfide) groups is 1. The van der Waals surface area contributed by atoms with Crippen molar-refractivity contribution in [2.24, 2.45) is 5.92 Å². The van der Waals surface area contributed by atoms with Crippen molar-refractivity contribution in [3.63, 3.8) is 0 Å². The van der Waals surface area contributed by atoms with Crippen molar-refractivity contribution in [1.29, 1.82) is 0 Å². The average molecular weight is 1320 g/mol. The smallest absolute Gasteiger partial charge is 0.317 e. The van der Waals surface area contributed by atoms with Gasteiger partial charge in [-0.25, -0.2) is 8.78 Å². The number of piperidine rings is 1. The number of unbranched alkanes of at least 4 members (excludes halogenated alkanes) is 1. The van der Waals surface area contributed by atoms with E-state index in [4.69, 9.17) is 20.6 Å². The molecule has 0 saturated carbocycles. The van der Waals surface area contributed by atoms with Crippen molar-refractivity contribution in [2.45, 2.75) is 107 Å². The lowest BCUT2D eigenvalue weighted by molar-refractivity contribution is -0.146. The van der Waals surface area contributed by atoms with Crippen molar-refractivity contribution in [2.75, 3.05) is 131 Å². The SMILES string of the molecule is C#C[C@H]1CC(F)(F)CN1C(=O)CNC(=O)c1ccnc2ccc(OCCCC3CCN(C(=O)CN4C(=O)CC(SCC(CCCCNC(=O)CCCc5ccc(C)cc5)NC(=O)CN5CCN(COC=O)CCN(COC=O)CCN(CC(=O)O)CC5)C4=O)CC3)cc12. The third-order valence-corrected chi connectivity index (χ3v) is 18.5. The topological polar surface area (TPSA) is 290 Å². The molecule has 0 bridgehead atoms. The number of carbonyl (C=O) groups is 10. The number of ether oxygens (including phenoxy) is 3. The number of rotatable bonds is 33. The van der Waals surface area contributed by atoms with Crippen molar-refractivity contribution in [1.82, 2.24) is 55.2 Å². The summed E-state index contributed by atoms with van der Waals surface area (Å²) in [5.41, 5.74) is 3.06. The molecule has 0 aliphatic carbocycles. The molecule has 2 unspecified atom stereocenters. The molecule has 3 atom stereocenters. The number of alkyl halides is 2. The molecule has 506 valence electrons. The zero-order valence-corrected chi connectivity index (χ0v) is 53.7. The quantitative estimate of drug-likeness (QED) is 0.0295. The Balaban J connectivity index is 0.876. The van der Waals surface area contributed by atoms with Gasteiger partial charge < -0.3 is 45.1 Å². The number of hydrogen-bond acceptors (Lipinski definition) is 19. The maximum atomic E-state index is 14.1. The Hall–Kier alpha value is -7.84. The lowest BCUT2D eigenvalue weighted by Crippen LogP contribution is -2.50. The van der Waals surface area contributed by atoms with Gasteiger partial charge in [-0.05, 0) is 100 Å². The molecule has 4 saturated heterocycles. The zero-order valence-electron chi connectivity index (χ0n) is 52.9. The van der Waals surface area contributed by atoms with E-state index < -0.39 is 72.4 Å². The van der Waals surface area contributed by atoms with Gasteiger partial charge in [0.15, 0.2) is 0 Å². The minimum absolute atomic E-state index is 0.0109. The first-order valence-electron chi connectivity index (χ1n) is 31.8. The molecule has 4 aliphatic rings. The van der Waals surface area contributed by atoms with Gasteiger partial charge in [0.05, 0.1) is 55.2 Å². The normalized spacial score (nSPS) is 19.2. The molecule has 0 spiro atoms. The van der Waals surface area contributed by atoms with Crippen LogP contribution >= 0.6 is 11.8 Å². The predicted octanol–water partition coefficient (Wildman–Crippen LogP) is 2.76. The standard InChI is InChI=1S/C65H87F2N11O14S/c1-3-51-36-65(66,67)42-78(51)60(84)37-70-63(88)53-18-22-68-55-17-16-52(34-54(53)55)92-33-7-9-49-19-23-76(24-20-49)61(85)39-77-59(83)35-56(64(77)89)93-41-50(10-4-5-21-69-57(81)11-6-8-48-14-12-47(2)13-15-48)71-58(82)38-72-25-26-73(40-62(86)87)28-30-75(44-91-46-80)32-31-74(29-27-72)43-90-45-79/h1,12-18,22,34,45-46,49-51,56H,4-11,19-21,23-33,35-44H2,2H3,(H,69,81)(H,70,88)(H,71,82)(H,86,87)/t50?,51-,56?/m0/s1. The van der Waals surface area contributed by atoms with E-state index in [1.54, 1.807) is 28.0 Å². The molecule has 2 aromatic carbocycles. The summed E-state index contributed by atoms with van der Waals surface area (Å²) >= 11 is 1.24. The number of benzene rings is 2. The number of halogens is 2. The maximum absolute atomic E-state index is 14.1. The molecule has 3 aromatic rings. The highest BCUT2D eigenvalue weighted by atomic mass is 32.2. The molecule has 4 fully saturated rings. The van der Waals surface area contributed by atoms with Crippen LogP contribution in [0.25, 0.3) is 10.9 Å². The van der Waals surface area contributed by atoms with Gasteiger partial charge in [-0.2, -0.15) is 0 Å². The highest BCUT2D eigenvalue weighted by Gasteiger charge is 2.46. The molecule has 7 rings (SSSR count). The first-order chi connectivity index (χ1) is 44.8. The Kier molecular flexibility index (Phi) is 29.0. The number of aliphatic carboxylic acids is 1. The summed E-state index contributed by atoms with van der Waals surface area (Å²) in [7, 11) is 0. The molecule has 7 amide bonds. The Morgan fingerprint density at radius 3 is 2.13 bits per heavy atom. The molecular weight excluding hydrogens is 1230 g/mol. The van der Waals surface area contributed by atoms with Crippen LogP contribution in [0.5, 0.6) is 5.75 Å². The number of carbonyl (C=O) groups excluding carboxylic acids is 9. The van der Waals surface area contributed by atoms with E-state index in [1.807, 2.05) is 33.8 Å². The number of pyridine rings is 1. The van der Waals surface area contributed by atoms with E-state index in [2.05, 4.69) is 39.0 Å². The van der Waals surface area contributed by atoms with Crippen LogP contribution in [0.3, 0.4) is 0 Å². The summed E-state index contributed by atoms with van der Waals surface area (Å²) in [6, 6.07) is 13.3. The minimum Gasteiger partial charge on any atom is -0.494 e. The highest BCUT2D eigenvalue weighted by molar-refractivity contribution is 8.00. The average Bonchev–Trinajstić information content (AvgIpc) is 1.82. The maximum Gasteiger partial charge on any atom is 0.317 e. The molecule has 5 heterocycles. The highest BCUT2D eigenvalue weighted by Crippen LogP contribution is 2.32. The lowest BCUT2D eigenvalue weighted by Gasteiger charge is -2.33. The van der Waals surface area contributed by atoms with Gasteiger partial charge in [-0.3, -0.25) is 77.4 Å². The van der Waals surface area contributed by atoms with Crippen LogP contribution in [0, 0.1) is 25.2 Å². The third kappa shape index (κ3) is 23.9. The van der Waals surface area contributed by atoms with E-state index in [0.717, 1.165) is 22.6 Å². The van der Waals surface area contributed by atoms with Gasteiger partial charge in [0.2, 0.25) is 35.4 Å². The molecule has 28 heteroatoms. The molecule has 0 radical (unpaired) electrons. The Labute approximate surface area is 545 Å². The molecule has 1 aromatic heterocycles. The van der Waals surface area contributed by atoms with Gasteiger partial charge in [0.1, 0.15) is 25.8 Å². The second-order valence-corrected chi connectivity index (χ2v) is 25.3. The van der Waals surface area contributed by atoms with Crippen LogP contribution in [0.2, 0.25) is 0 Å². The number of aromatic nitrogens is 1. The number of nitrogens with one attached hydrogen (secondary N) is 3. The number of hydrogen-bond donors (Lipinski definition) is 4. The summed E-state index contributed by atoms with van der Waals surface area (Å²) < 4.78 is 44.2. The van der Waals surface area contributed by atoms with Crippen molar-refractivity contribution < 1.29 is 76.0 Å². The van der Waals surface area contributed by atoms with E-state index in [1.165, 1.54) is 35.2 Å². The summed E-state index contributed by atoms with van der Waals surface area (Å²) in [4.78, 5) is 143. The van der Waals surface area contributed by atoms with Gasteiger partial charge in [0.25, 0.3) is 24.8 Å². The number of terminal acetylenes is 1. The van der Waals surface area contributed by atoms with Crippen LogP contribution in [0.15, 0.2) is 54.7 Å². The van der Waals surface area contributed by atoms with E-state index in [0.29, 0.717) is 160 Å². The summed E-state index contributed by atoms with van der Waals surface area (Å²) in [5, 5.41) is 18.1. The number of imide groups is 1. The number of fused-ring (bicyclic) bond motifs is 1. The number of amides is 7. The van der Waals surface area contributed by atoms with Crippen LogP contribution in [-0.4, -0.2) is 258 Å². The molecule has 93 heavy (non-hydrogen) atoms. The van der Waals surface area contributed by atoms with Crippen LogP contribution in [0.1, 0.15) is 92.1 Å². The van der Waals surface area contributed by atoms with Crippen LogP contribution in [0.4, 0.5) is 8.78 Å². The first kappa shape index (κ1) is 72.6. The summed E-state index contributed by atoms with van der Waals surface area (Å²) in [6.07, 6.45) is 12.6. The second-order valence-electron chi connectivity index (χ2n) is 24.1. The minimum atomic E-state index is -3.11. The molecule has 4 N–H and O–H groups in total. The Morgan fingerprint density at radius 2 is 1.47 bits per heavy atom. The largest absolute Gasteiger partial charge is 0.494 e. The number of likely N-dealkylation sites (tertiary alicyclic amines) is 3. The fraction of sp³-hybridized carbons (Fsp3) is 0.585. The van der Waals surface area contributed by atoms with Gasteiger partial charge in [0, 0.05) is 115 Å². The van der Waals surface area contributed by atoms with E-state index >= 15 is 0 Å². The molecule has 25 nitrogen and oxygen atoms in total. The van der Waals surface area contributed by atoms with Gasteiger partial charge >= 0.3 is 5.97 Å². The zero-order chi connectivity index (χ0) is 66.7. The second kappa shape index (κ2) is 37.2. The monoisotopic (exact) mass is 1320 g/mol. The number of carboxylic acids is 1.